The summed E-state index contributed by atoms with van der Waals surface area (Å²) in [6.07, 6.45) is 0. The van der Waals surface area contributed by atoms with Gasteiger partial charge in [-0.25, -0.2) is 4.79 Å². The molecule has 0 aliphatic rings. The number of hydrogen-bond donors (Lipinski definition) is 1. The SMILES string of the molecule is COC(=O)C(NC(=O)c1oc(Br)cc1C)C(C)(C)C. The third-order valence-corrected chi connectivity index (χ3v) is 3.06. The van der Waals surface area contributed by atoms with Gasteiger partial charge >= 0.3 is 5.97 Å². The smallest absolute Gasteiger partial charge is 0.328 e. The first-order valence-corrected chi connectivity index (χ1v) is 6.60. The minimum atomic E-state index is -0.742. The van der Waals surface area contributed by atoms with Crippen LogP contribution in [0.15, 0.2) is 15.2 Å². The maximum Gasteiger partial charge on any atom is 0.328 e. The fourth-order valence-electron chi connectivity index (χ4n) is 1.61. The van der Waals surface area contributed by atoms with Crippen LogP contribution in [0.3, 0.4) is 0 Å². The van der Waals surface area contributed by atoms with Crippen LogP contribution in [-0.4, -0.2) is 25.0 Å². The molecule has 0 radical (unpaired) electrons. The molecule has 0 aliphatic carbocycles. The number of ether oxygens (including phenoxy) is 1. The molecule has 5 nitrogen and oxygen atoms in total. The summed E-state index contributed by atoms with van der Waals surface area (Å²) >= 11 is 3.16. The van der Waals surface area contributed by atoms with Gasteiger partial charge in [0.2, 0.25) is 0 Å². The number of hydrogen-bond acceptors (Lipinski definition) is 4. The number of nitrogens with one attached hydrogen (secondary N) is 1. The van der Waals surface area contributed by atoms with Gasteiger partial charge in [-0.2, -0.15) is 0 Å². The van der Waals surface area contributed by atoms with Crippen molar-refractivity contribution in [2.45, 2.75) is 33.7 Å². The first kappa shape index (κ1) is 15.8. The van der Waals surface area contributed by atoms with E-state index in [-0.39, 0.29) is 5.76 Å². The van der Waals surface area contributed by atoms with Crippen LogP contribution in [0.5, 0.6) is 0 Å². The van der Waals surface area contributed by atoms with Crippen molar-refractivity contribution in [2.24, 2.45) is 5.41 Å². The van der Waals surface area contributed by atoms with Gasteiger partial charge in [0.1, 0.15) is 6.04 Å². The molecule has 1 heterocycles. The van der Waals surface area contributed by atoms with Crippen molar-refractivity contribution in [3.63, 3.8) is 0 Å². The zero-order valence-electron chi connectivity index (χ0n) is 11.7. The lowest BCUT2D eigenvalue weighted by atomic mass is 9.86. The predicted molar refractivity (Wildman–Crippen MR) is 73.9 cm³/mol. The Morgan fingerprint density at radius 3 is 2.37 bits per heavy atom. The molecule has 1 rings (SSSR count). The third kappa shape index (κ3) is 3.83. The van der Waals surface area contributed by atoms with E-state index in [1.165, 1.54) is 7.11 Å². The van der Waals surface area contributed by atoms with Gasteiger partial charge in [0, 0.05) is 5.56 Å². The fourth-order valence-corrected chi connectivity index (χ4v) is 2.12. The summed E-state index contributed by atoms with van der Waals surface area (Å²) in [6, 6.07) is 0.951. The Morgan fingerprint density at radius 2 is 2.00 bits per heavy atom. The second-order valence-electron chi connectivity index (χ2n) is 5.36. The summed E-state index contributed by atoms with van der Waals surface area (Å²) in [5.41, 5.74) is 0.238. The molecule has 19 heavy (non-hydrogen) atoms. The molecule has 1 aromatic heterocycles. The van der Waals surface area contributed by atoms with Gasteiger partial charge in [-0.15, -0.1) is 0 Å². The highest BCUT2D eigenvalue weighted by Crippen LogP contribution is 2.23. The van der Waals surface area contributed by atoms with Crippen LogP contribution in [-0.2, 0) is 9.53 Å². The van der Waals surface area contributed by atoms with Gasteiger partial charge in [0.05, 0.1) is 7.11 Å². The molecule has 0 aliphatic heterocycles. The minimum absolute atomic E-state index is 0.185. The molecule has 0 fully saturated rings. The topological polar surface area (TPSA) is 68.5 Å². The number of esters is 1. The molecule has 0 saturated heterocycles. The summed E-state index contributed by atoms with van der Waals surface area (Å²) in [5.74, 6) is -0.734. The van der Waals surface area contributed by atoms with Crippen LogP contribution in [0.4, 0.5) is 0 Å². The second kappa shape index (κ2) is 5.77. The van der Waals surface area contributed by atoms with Crippen molar-refractivity contribution in [1.29, 1.82) is 0 Å². The lowest BCUT2D eigenvalue weighted by Crippen LogP contribution is -2.49. The summed E-state index contributed by atoms with van der Waals surface area (Å²) in [7, 11) is 1.29. The van der Waals surface area contributed by atoms with Crippen LogP contribution >= 0.6 is 15.9 Å². The fraction of sp³-hybridized carbons (Fsp3) is 0.538. The average molecular weight is 332 g/mol. The van der Waals surface area contributed by atoms with Crippen LogP contribution in [0.2, 0.25) is 0 Å². The lowest BCUT2D eigenvalue weighted by molar-refractivity contribution is -0.145. The molecule has 1 amide bonds. The molecule has 0 saturated carbocycles. The number of rotatable bonds is 3. The highest BCUT2D eigenvalue weighted by molar-refractivity contribution is 9.10. The van der Waals surface area contributed by atoms with E-state index in [0.29, 0.717) is 10.2 Å². The van der Waals surface area contributed by atoms with E-state index in [2.05, 4.69) is 21.2 Å². The molecule has 0 spiro atoms. The van der Waals surface area contributed by atoms with Gasteiger partial charge in [-0.05, 0) is 34.3 Å². The van der Waals surface area contributed by atoms with Crippen molar-refractivity contribution < 1.29 is 18.7 Å². The first-order chi connectivity index (χ1) is 8.66. The summed E-state index contributed by atoms with van der Waals surface area (Å²) in [4.78, 5) is 23.9. The van der Waals surface area contributed by atoms with E-state index < -0.39 is 23.3 Å². The Hall–Kier alpha value is -1.30. The minimum Gasteiger partial charge on any atom is -0.467 e. The molecule has 106 valence electrons. The van der Waals surface area contributed by atoms with Crippen molar-refractivity contribution in [3.8, 4) is 0 Å². The second-order valence-corrected chi connectivity index (χ2v) is 6.14. The van der Waals surface area contributed by atoms with Crippen molar-refractivity contribution >= 4 is 27.8 Å². The lowest BCUT2D eigenvalue weighted by Gasteiger charge is -2.28. The zero-order chi connectivity index (χ0) is 14.8. The molecular weight excluding hydrogens is 314 g/mol. The highest BCUT2D eigenvalue weighted by atomic mass is 79.9. The third-order valence-electron chi connectivity index (χ3n) is 2.67. The molecule has 0 bridgehead atoms. The number of aryl methyl sites for hydroxylation is 1. The van der Waals surface area contributed by atoms with E-state index in [0.717, 1.165) is 0 Å². The Balaban J connectivity index is 2.95. The zero-order valence-corrected chi connectivity index (χ0v) is 13.3. The summed E-state index contributed by atoms with van der Waals surface area (Å²) in [5, 5.41) is 2.65. The predicted octanol–water partition coefficient (Wildman–Crippen LogP) is 2.67. The van der Waals surface area contributed by atoms with Crippen molar-refractivity contribution in [2.75, 3.05) is 7.11 Å². The molecule has 0 aromatic carbocycles. The van der Waals surface area contributed by atoms with Crippen LogP contribution in [0.25, 0.3) is 0 Å². The Labute approximate surface area is 120 Å². The largest absolute Gasteiger partial charge is 0.467 e. The Morgan fingerprint density at radius 1 is 1.42 bits per heavy atom. The number of furan rings is 1. The van der Waals surface area contributed by atoms with Gasteiger partial charge in [0.25, 0.3) is 5.91 Å². The molecule has 1 unspecified atom stereocenters. The molecule has 1 atom stereocenters. The van der Waals surface area contributed by atoms with Crippen LogP contribution < -0.4 is 5.32 Å². The van der Waals surface area contributed by atoms with Crippen LogP contribution in [0, 0.1) is 12.3 Å². The molecule has 6 heteroatoms. The van der Waals surface area contributed by atoms with Crippen molar-refractivity contribution in [3.05, 3.63) is 22.1 Å². The normalized spacial score (nSPS) is 12.9. The number of halogens is 1. The van der Waals surface area contributed by atoms with E-state index in [1.807, 2.05) is 20.8 Å². The van der Waals surface area contributed by atoms with E-state index in [9.17, 15) is 9.59 Å². The number of methoxy groups -OCH3 is 1. The maximum absolute atomic E-state index is 12.1. The number of carbonyl (C=O) groups excluding carboxylic acids is 2. The van der Waals surface area contributed by atoms with E-state index in [4.69, 9.17) is 9.15 Å². The summed E-state index contributed by atoms with van der Waals surface area (Å²) in [6.45, 7) is 7.30. The summed E-state index contributed by atoms with van der Waals surface area (Å²) < 4.78 is 10.4. The molecule has 1 N–H and O–H groups in total. The maximum atomic E-state index is 12.1. The number of carbonyl (C=O) groups is 2. The molecular formula is C13H18BrNO4. The first-order valence-electron chi connectivity index (χ1n) is 5.81. The Bertz CT molecular complexity index is 487. The van der Waals surface area contributed by atoms with Crippen molar-refractivity contribution in [1.82, 2.24) is 5.32 Å². The van der Waals surface area contributed by atoms with Gasteiger partial charge < -0.3 is 14.5 Å². The average Bonchev–Trinajstić information content (AvgIpc) is 2.62. The van der Waals surface area contributed by atoms with Gasteiger partial charge in [-0.3, -0.25) is 4.79 Å². The monoisotopic (exact) mass is 331 g/mol. The van der Waals surface area contributed by atoms with E-state index in [1.54, 1.807) is 13.0 Å². The van der Waals surface area contributed by atoms with Gasteiger partial charge in [-0.1, -0.05) is 20.8 Å². The quantitative estimate of drug-likeness (QED) is 0.864. The van der Waals surface area contributed by atoms with Gasteiger partial charge in [0.15, 0.2) is 10.4 Å². The molecule has 1 aromatic rings. The highest BCUT2D eigenvalue weighted by Gasteiger charge is 2.34. The number of amides is 1. The Kier molecular flexibility index (Phi) is 4.79. The standard InChI is InChI=1S/C13H18BrNO4/c1-7-6-8(14)19-9(7)11(16)15-10(12(17)18-5)13(2,3)4/h6,10H,1-5H3,(H,15,16). The van der Waals surface area contributed by atoms with Crippen LogP contribution in [0.1, 0.15) is 36.9 Å². The van der Waals surface area contributed by atoms with E-state index >= 15 is 0 Å².